The first-order valence-corrected chi connectivity index (χ1v) is 34.2. The molecule has 0 spiro atoms. The highest BCUT2D eigenvalue weighted by Gasteiger charge is 2.23. The van der Waals surface area contributed by atoms with E-state index in [-0.39, 0.29) is 49.9 Å². The van der Waals surface area contributed by atoms with Crippen LogP contribution in [0.3, 0.4) is 0 Å². The number of hydrogen-bond acceptors (Lipinski definition) is 5. The first-order chi connectivity index (χ1) is 36.9. The molecule has 4 amide bonds. The van der Waals surface area contributed by atoms with Crippen LogP contribution >= 0.6 is 0 Å². The van der Waals surface area contributed by atoms with Gasteiger partial charge in [0.2, 0.25) is 23.6 Å². The second kappa shape index (κ2) is 61.5. The molecule has 0 heterocycles. The maximum atomic E-state index is 13.7. The van der Waals surface area contributed by atoms with Crippen LogP contribution < -0.4 is 0 Å². The SMILES string of the molecule is CCCCCCCCCCCCCCCC(=O)N(CCOCCN(C(=O)CCCCCCCCCCCCCCC)C(=O)CCCCCCCCCCCCCCC)C(=O)CCCCCCCCCCCCCCC. The Morgan fingerprint density at radius 3 is 0.493 bits per heavy atom. The van der Waals surface area contributed by atoms with Crippen molar-refractivity contribution < 1.29 is 23.9 Å². The van der Waals surface area contributed by atoms with Crippen molar-refractivity contribution in [2.24, 2.45) is 0 Å². The Morgan fingerprint density at radius 1 is 0.213 bits per heavy atom. The fourth-order valence-electron chi connectivity index (χ4n) is 10.9. The lowest BCUT2D eigenvalue weighted by Crippen LogP contribution is -2.41. The number of carbonyl (C=O) groups is 4. The lowest BCUT2D eigenvalue weighted by atomic mass is 10.0. The summed E-state index contributed by atoms with van der Waals surface area (Å²) in [6.45, 7) is 10.0. The summed E-state index contributed by atoms with van der Waals surface area (Å²) >= 11 is 0. The van der Waals surface area contributed by atoms with Gasteiger partial charge in [0.15, 0.2) is 0 Å². The van der Waals surface area contributed by atoms with E-state index in [9.17, 15) is 19.2 Å². The van der Waals surface area contributed by atoms with E-state index in [1.807, 2.05) is 0 Å². The molecule has 0 atom stereocenters. The highest BCUT2D eigenvalue weighted by molar-refractivity contribution is 5.95. The monoisotopic (exact) mass is 1060 g/mol. The van der Waals surface area contributed by atoms with E-state index in [0.717, 1.165) is 77.0 Å². The molecule has 0 aliphatic carbocycles. The van der Waals surface area contributed by atoms with E-state index < -0.39 is 0 Å². The molecular weight excluding hydrogens is 925 g/mol. The molecule has 0 unspecified atom stereocenters. The summed E-state index contributed by atoms with van der Waals surface area (Å²) < 4.78 is 6.09. The Labute approximate surface area is 468 Å². The molecule has 0 bridgehead atoms. The zero-order valence-corrected chi connectivity index (χ0v) is 51.4. The quantitative estimate of drug-likeness (QED) is 0.0567. The van der Waals surface area contributed by atoms with Crippen LogP contribution in [0.25, 0.3) is 0 Å². The van der Waals surface area contributed by atoms with Gasteiger partial charge in [0, 0.05) is 25.7 Å². The van der Waals surface area contributed by atoms with Crippen LogP contribution in [-0.2, 0) is 23.9 Å². The topological polar surface area (TPSA) is 84.0 Å². The first-order valence-electron chi connectivity index (χ1n) is 34.2. The summed E-state index contributed by atoms with van der Waals surface area (Å²) in [6, 6.07) is 0. The first kappa shape index (κ1) is 73.2. The molecule has 0 aromatic heterocycles. The van der Waals surface area contributed by atoms with E-state index >= 15 is 0 Å². The van der Waals surface area contributed by atoms with Gasteiger partial charge in [-0.1, -0.05) is 336 Å². The van der Waals surface area contributed by atoms with Crippen molar-refractivity contribution in [1.82, 2.24) is 9.80 Å². The highest BCUT2D eigenvalue weighted by Crippen LogP contribution is 2.19. The van der Waals surface area contributed by atoms with Gasteiger partial charge in [0.25, 0.3) is 0 Å². The fourth-order valence-corrected chi connectivity index (χ4v) is 10.9. The smallest absolute Gasteiger partial charge is 0.229 e. The average molecular weight is 1060 g/mol. The Balaban J connectivity index is 5.11. The second-order valence-corrected chi connectivity index (χ2v) is 23.5. The summed E-state index contributed by atoms with van der Waals surface area (Å²) in [6.07, 6.45) is 66.8. The summed E-state index contributed by atoms with van der Waals surface area (Å²) in [4.78, 5) is 57.6. The molecule has 0 aromatic carbocycles. The van der Waals surface area contributed by atoms with Crippen molar-refractivity contribution in [3.05, 3.63) is 0 Å². The lowest BCUT2D eigenvalue weighted by molar-refractivity contribution is -0.146. The molecule has 0 saturated carbocycles. The molecule has 75 heavy (non-hydrogen) atoms. The van der Waals surface area contributed by atoms with Crippen LogP contribution in [0.5, 0.6) is 0 Å². The molecule has 0 saturated heterocycles. The molecule has 0 radical (unpaired) electrons. The third-order valence-electron chi connectivity index (χ3n) is 16.1. The van der Waals surface area contributed by atoms with E-state index in [2.05, 4.69) is 27.7 Å². The summed E-state index contributed by atoms with van der Waals surface area (Å²) in [5, 5.41) is 0. The molecular formula is C68H132N2O5. The minimum atomic E-state index is -0.0797. The predicted octanol–water partition coefficient (Wildman–Crippen LogP) is 21.6. The second-order valence-electron chi connectivity index (χ2n) is 23.5. The molecule has 0 N–H and O–H groups in total. The number of nitrogens with zero attached hydrogens (tertiary/aromatic N) is 2. The fraction of sp³-hybridized carbons (Fsp3) is 0.941. The molecule has 0 aliphatic rings. The highest BCUT2D eigenvalue weighted by atomic mass is 16.5. The van der Waals surface area contributed by atoms with Crippen molar-refractivity contribution in [1.29, 1.82) is 0 Å². The predicted molar refractivity (Wildman–Crippen MR) is 326 cm³/mol. The largest absolute Gasteiger partial charge is 0.378 e. The van der Waals surface area contributed by atoms with E-state index in [1.54, 1.807) is 0 Å². The zero-order valence-electron chi connectivity index (χ0n) is 51.4. The average Bonchev–Trinajstić information content (AvgIpc) is 3.41. The van der Waals surface area contributed by atoms with Crippen LogP contribution in [0, 0.1) is 0 Å². The Hall–Kier alpha value is -1.76. The van der Waals surface area contributed by atoms with Crippen LogP contribution in [-0.4, -0.2) is 59.7 Å². The van der Waals surface area contributed by atoms with Crippen LogP contribution in [0.1, 0.15) is 387 Å². The Morgan fingerprint density at radius 2 is 0.347 bits per heavy atom. The molecule has 0 fully saturated rings. The van der Waals surface area contributed by atoms with Crippen molar-refractivity contribution in [2.75, 3.05) is 26.3 Å². The molecule has 0 aromatic rings. The number of amides is 4. The van der Waals surface area contributed by atoms with E-state index in [1.165, 1.54) is 267 Å². The van der Waals surface area contributed by atoms with Gasteiger partial charge in [-0.25, -0.2) is 0 Å². The van der Waals surface area contributed by atoms with Gasteiger partial charge in [-0.15, -0.1) is 0 Å². The van der Waals surface area contributed by atoms with Gasteiger partial charge in [0.05, 0.1) is 26.3 Å². The summed E-state index contributed by atoms with van der Waals surface area (Å²) in [7, 11) is 0. The standard InChI is InChI=1S/C68H132N2O5/c1-5-9-13-17-21-25-29-33-37-41-45-49-53-57-65(71)69(66(72)58-54-50-46-42-38-34-30-26-22-18-14-10-6-2)61-63-75-64-62-70(67(73)59-55-51-47-43-39-35-31-27-23-19-15-11-7-3)68(74)60-56-52-48-44-40-36-32-28-24-20-16-12-8-4/h5-64H2,1-4H3. The van der Waals surface area contributed by atoms with Crippen molar-refractivity contribution in [3.8, 4) is 0 Å². The van der Waals surface area contributed by atoms with Gasteiger partial charge in [0.1, 0.15) is 0 Å². The maximum absolute atomic E-state index is 13.7. The molecule has 444 valence electrons. The van der Waals surface area contributed by atoms with Gasteiger partial charge in [-0.05, 0) is 25.7 Å². The van der Waals surface area contributed by atoms with Crippen LogP contribution in [0.2, 0.25) is 0 Å². The normalized spacial score (nSPS) is 11.5. The minimum Gasteiger partial charge on any atom is -0.378 e. The van der Waals surface area contributed by atoms with E-state index in [0.29, 0.717) is 25.7 Å². The number of imide groups is 2. The van der Waals surface area contributed by atoms with Crippen molar-refractivity contribution in [3.63, 3.8) is 0 Å². The number of hydrogen-bond donors (Lipinski definition) is 0. The number of carbonyl (C=O) groups excluding carboxylic acids is 4. The maximum Gasteiger partial charge on any atom is 0.229 e. The van der Waals surface area contributed by atoms with Gasteiger partial charge in [-0.3, -0.25) is 29.0 Å². The number of unbranched alkanes of at least 4 members (excludes halogenated alkanes) is 48. The molecule has 7 heteroatoms. The number of rotatable bonds is 62. The van der Waals surface area contributed by atoms with Gasteiger partial charge >= 0.3 is 0 Å². The lowest BCUT2D eigenvalue weighted by Gasteiger charge is -2.23. The third kappa shape index (κ3) is 52.7. The minimum absolute atomic E-state index is 0.0797. The van der Waals surface area contributed by atoms with Crippen LogP contribution in [0.4, 0.5) is 0 Å². The number of ether oxygens (including phenoxy) is 1. The van der Waals surface area contributed by atoms with Crippen LogP contribution in [0.15, 0.2) is 0 Å². The zero-order chi connectivity index (χ0) is 54.6. The summed E-state index contributed by atoms with van der Waals surface area (Å²) in [5.41, 5.74) is 0. The Bertz CT molecular complexity index is 1030. The summed E-state index contributed by atoms with van der Waals surface area (Å²) in [5.74, 6) is -0.319. The van der Waals surface area contributed by atoms with Gasteiger partial charge in [-0.2, -0.15) is 0 Å². The Kier molecular flexibility index (Phi) is 60.0. The molecule has 0 aliphatic heterocycles. The van der Waals surface area contributed by atoms with Crippen molar-refractivity contribution >= 4 is 23.6 Å². The van der Waals surface area contributed by atoms with Gasteiger partial charge < -0.3 is 4.74 Å². The molecule has 7 nitrogen and oxygen atoms in total. The van der Waals surface area contributed by atoms with E-state index in [4.69, 9.17) is 4.74 Å². The third-order valence-corrected chi connectivity index (χ3v) is 16.1. The van der Waals surface area contributed by atoms with Crippen molar-refractivity contribution in [2.45, 2.75) is 387 Å². The molecule has 0 rings (SSSR count).